The molecule has 0 saturated carbocycles. The van der Waals surface area contributed by atoms with Gasteiger partial charge in [-0.15, -0.1) is 0 Å². The lowest BCUT2D eigenvalue weighted by atomic mass is 10.1. The summed E-state index contributed by atoms with van der Waals surface area (Å²) in [6.45, 7) is 4.05. The van der Waals surface area contributed by atoms with Crippen LogP contribution in [0.5, 0.6) is 0 Å². The summed E-state index contributed by atoms with van der Waals surface area (Å²) in [6, 6.07) is 15.4. The zero-order chi connectivity index (χ0) is 16.9. The summed E-state index contributed by atoms with van der Waals surface area (Å²) in [5.41, 5.74) is 2.52. The normalized spacial score (nSPS) is 10.8. The fraction of sp³-hybridized carbons (Fsp3) is 0.211. The van der Waals surface area contributed by atoms with Crippen LogP contribution in [-0.4, -0.2) is 15.9 Å². The van der Waals surface area contributed by atoms with Gasteiger partial charge in [-0.3, -0.25) is 4.79 Å². The first kappa shape index (κ1) is 15.9. The molecule has 2 aromatic carbocycles. The van der Waals surface area contributed by atoms with E-state index in [-0.39, 0.29) is 5.91 Å². The fourth-order valence-corrected chi connectivity index (χ4v) is 2.50. The molecule has 2 N–H and O–H groups in total. The van der Waals surface area contributed by atoms with Gasteiger partial charge in [0.1, 0.15) is 12.1 Å². The molecule has 0 bridgehead atoms. The Morgan fingerprint density at radius 2 is 1.83 bits per heavy atom. The zero-order valence-electron chi connectivity index (χ0n) is 13.8. The number of benzene rings is 2. The summed E-state index contributed by atoms with van der Waals surface area (Å²) < 4.78 is 0. The molecule has 0 aliphatic carbocycles. The summed E-state index contributed by atoms with van der Waals surface area (Å²) >= 11 is 0. The van der Waals surface area contributed by atoms with Gasteiger partial charge >= 0.3 is 0 Å². The third-order valence-corrected chi connectivity index (χ3v) is 3.55. The van der Waals surface area contributed by atoms with Crippen LogP contribution in [0.3, 0.4) is 0 Å². The second-order valence-electron chi connectivity index (χ2n) is 6.09. The van der Waals surface area contributed by atoms with Crippen molar-refractivity contribution in [2.75, 3.05) is 10.6 Å². The molecule has 0 unspecified atom stereocenters. The Morgan fingerprint density at radius 1 is 1.04 bits per heavy atom. The molecule has 5 heteroatoms. The van der Waals surface area contributed by atoms with E-state index in [4.69, 9.17) is 0 Å². The van der Waals surface area contributed by atoms with Crippen molar-refractivity contribution in [1.29, 1.82) is 0 Å². The lowest BCUT2D eigenvalue weighted by Gasteiger charge is -2.11. The van der Waals surface area contributed by atoms with E-state index in [9.17, 15) is 4.79 Å². The van der Waals surface area contributed by atoms with Crippen LogP contribution in [0, 0.1) is 5.92 Å². The lowest BCUT2D eigenvalue weighted by Crippen LogP contribution is -2.13. The van der Waals surface area contributed by atoms with Gasteiger partial charge in [0.2, 0.25) is 5.91 Å². The average Bonchev–Trinajstić information content (AvgIpc) is 2.55. The maximum Gasteiger partial charge on any atom is 0.224 e. The number of fused-ring (bicyclic) bond motifs is 1. The minimum absolute atomic E-state index is 0.0228. The van der Waals surface area contributed by atoms with Crippen molar-refractivity contribution in [3.05, 3.63) is 54.9 Å². The van der Waals surface area contributed by atoms with Crippen LogP contribution in [-0.2, 0) is 4.79 Å². The molecule has 0 spiro atoms. The van der Waals surface area contributed by atoms with Gasteiger partial charge < -0.3 is 10.6 Å². The Balaban J connectivity index is 1.80. The molecule has 1 amide bonds. The van der Waals surface area contributed by atoms with Gasteiger partial charge in [0.25, 0.3) is 0 Å². The molecule has 0 fully saturated rings. The van der Waals surface area contributed by atoms with E-state index in [1.165, 1.54) is 0 Å². The maximum atomic E-state index is 11.9. The van der Waals surface area contributed by atoms with Crippen molar-refractivity contribution in [2.24, 2.45) is 5.92 Å². The van der Waals surface area contributed by atoms with Crippen molar-refractivity contribution in [1.82, 2.24) is 9.97 Å². The van der Waals surface area contributed by atoms with Crippen LogP contribution in [0.15, 0.2) is 54.9 Å². The Labute approximate surface area is 141 Å². The van der Waals surface area contributed by atoms with Crippen molar-refractivity contribution in [3.8, 4) is 0 Å². The highest BCUT2D eigenvalue weighted by Gasteiger charge is 2.07. The van der Waals surface area contributed by atoms with Crippen molar-refractivity contribution in [3.63, 3.8) is 0 Å². The van der Waals surface area contributed by atoms with Crippen LogP contribution < -0.4 is 10.6 Å². The molecule has 0 radical (unpaired) electrons. The topological polar surface area (TPSA) is 66.9 Å². The summed E-state index contributed by atoms with van der Waals surface area (Å²) in [5, 5.41) is 7.18. The zero-order valence-corrected chi connectivity index (χ0v) is 13.8. The summed E-state index contributed by atoms with van der Waals surface area (Å²) in [6.07, 6.45) is 2.05. The number of anilines is 3. The van der Waals surface area contributed by atoms with Gasteiger partial charge in [-0.2, -0.15) is 0 Å². The SMILES string of the molecule is CC(C)CC(=O)Nc1cccc(Nc2ncnc3ccccc23)c1. The predicted molar refractivity (Wildman–Crippen MR) is 97.3 cm³/mol. The lowest BCUT2D eigenvalue weighted by molar-refractivity contribution is -0.116. The van der Waals surface area contributed by atoms with E-state index in [2.05, 4.69) is 20.6 Å². The van der Waals surface area contributed by atoms with E-state index >= 15 is 0 Å². The van der Waals surface area contributed by atoms with Gasteiger partial charge in [0.05, 0.1) is 5.52 Å². The monoisotopic (exact) mass is 320 g/mol. The van der Waals surface area contributed by atoms with E-state index in [0.717, 1.165) is 28.1 Å². The molecule has 0 saturated heterocycles. The maximum absolute atomic E-state index is 11.9. The van der Waals surface area contributed by atoms with Crippen LogP contribution in [0.1, 0.15) is 20.3 Å². The number of amides is 1. The number of aromatic nitrogens is 2. The summed E-state index contributed by atoms with van der Waals surface area (Å²) in [7, 11) is 0. The number of nitrogens with one attached hydrogen (secondary N) is 2. The molecule has 3 rings (SSSR count). The van der Waals surface area contributed by atoms with Crippen LogP contribution in [0.25, 0.3) is 10.9 Å². The molecule has 122 valence electrons. The molecule has 0 atom stereocenters. The van der Waals surface area contributed by atoms with Crippen LogP contribution >= 0.6 is 0 Å². The van der Waals surface area contributed by atoms with E-state index in [1.807, 2.05) is 62.4 Å². The molecular formula is C19H20N4O. The quantitative estimate of drug-likeness (QED) is 0.733. The first-order valence-electron chi connectivity index (χ1n) is 7.98. The number of nitrogens with zero attached hydrogens (tertiary/aromatic N) is 2. The van der Waals surface area contributed by atoms with Gasteiger partial charge in [0, 0.05) is 23.2 Å². The summed E-state index contributed by atoms with van der Waals surface area (Å²) in [5.74, 6) is 1.10. The number of rotatable bonds is 5. The number of hydrogen-bond donors (Lipinski definition) is 2. The van der Waals surface area contributed by atoms with Gasteiger partial charge in [0.15, 0.2) is 0 Å². The Morgan fingerprint density at radius 3 is 2.67 bits per heavy atom. The Hall–Kier alpha value is -2.95. The minimum Gasteiger partial charge on any atom is -0.340 e. The smallest absolute Gasteiger partial charge is 0.224 e. The predicted octanol–water partition coefficient (Wildman–Crippen LogP) is 4.36. The minimum atomic E-state index is 0.0228. The van der Waals surface area contributed by atoms with Crippen LogP contribution in [0.2, 0.25) is 0 Å². The third-order valence-electron chi connectivity index (χ3n) is 3.55. The number of carbonyl (C=O) groups excluding carboxylic acids is 1. The highest BCUT2D eigenvalue weighted by atomic mass is 16.1. The average molecular weight is 320 g/mol. The van der Waals surface area contributed by atoms with Gasteiger partial charge in [-0.25, -0.2) is 9.97 Å². The second kappa shape index (κ2) is 7.08. The van der Waals surface area contributed by atoms with Crippen molar-refractivity contribution >= 4 is 34.0 Å². The fourth-order valence-electron chi connectivity index (χ4n) is 2.50. The first-order chi connectivity index (χ1) is 11.6. The standard InChI is InChI=1S/C19H20N4O/c1-13(2)10-18(24)22-14-6-5-7-15(11-14)23-19-16-8-3-4-9-17(16)20-12-21-19/h3-9,11-13H,10H2,1-2H3,(H,22,24)(H,20,21,23). The first-order valence-corrected chi connectivity index (χ1v) is 7.98. The van der Waals surface area contributed by atoms with Crippen LogP contribution in [0.4, 0.5) is 17.2 Å². The van der Waals surface area contributed by atoms with Gasteiger partial charge in [-0.05, 0) is 36.2 Å². The third kappa shape index (κ3) is 3.87. The Kier molecular flexibility index (Phi) is 4.70. The van der Waals surface area contributed by atoms with E-state index < -0.39 is 0 Å². The second-order valence-corrected chi connectivity index (χ2v) is 6.09. The van der Waals surface area contributed by atoms with E-state index in [0.29, 0.717) is 12.3 Å². The largest absolute Gasteiger partial charge is 0.340 e. The van der Waals surface area contributed by atoms with E-state index in [1.54, 1.807) is 6.33 Å². The molecule has 0 aliphatic rings. The molecule has 1 aromatic heterocycles. The molecule has 3 aromatic rings. The highest BCUT2D eigenvalue weighted by Crippen LogP contribution is 2.24. The molecular weight excluding hydrogens is 300 g/mol. The molecule has 0 aliphatic heterocycles. The molecule has 1 heterocycles. The highest BCUT2D eigenvalue weighted by molar-refractivity contribution is 5.93. The van der Waals surface area contributed by atoms with Gasteiger partial charge in [-0.1, -0.05) is 32.0 Å². The number of para-hydroxylation sites is 1. The van der Waals surface area contributed by atoms with Crippen molar-refractivity contribution < 1.29 is 4.79 Å². The summed E-state index contributed by atoms with van der Waals surface area (Å²) in [4.78, 5) is 20.5. The molecule has 24 heavy (non-hydrogen) atoms. The number of hydrogen-bond acceptors (Lipinski definition) is 4. The Bertz CT molecular complexity index is 855. The molecule has 5 nitrogen and oxygen atoms in total. The van der Waals surface area contributed by atoms with Crippen molar-refractivity contribution in [2.45, 2.75) is 20.3 Å². The number of carbonyl (C=O) groups is 1.